The highest BCUT2D eigenvalue weighted by atomic mass is 32.2. The molecule has 3 N–H and O–H groups in total. The van der Waals surface area contributed by atoms with Gasteiger partial charge in [0.05, 0.1) is 17.6 Å². The lowest BCUT2D eigenvalue weighted by Crippen LogP contribution is -2.53. The summed E-state index contributed by atoms with van der Waals surface area (Å²) in [4.78, 5) is 6.04. The lowest BCUT2D eigenvalue weighted by atomic mass is 10.2. The standard InChI is InChI=1S/C12H21N5O2S/c1-10(2)15-20(18,19)17-7-5-16(6-8-17)12-3-4-14-9-11(12)13/h3-4,9-10,15H,5-8,13H2,1-2H3. The molecule has 0 amide bonds. The summed E-state index contributed by atoms with van der Waals surface area (Å²) in [6.07, 6.45) is 3.30. The molecule has 112 valence electrons. The summed E-state index contributed by atoms with van der Waals surface area (Å²) in [7, 11) is -3.39. The van der Waals surface area contributed by atoms with Crippen LogP contribution in [0.4, 0.5) is 11.4 Å². The van der Waals surface area contributed by atoms with Gasteiger partial charge in [-0.05, 0) is 19.9 Å². The molecule has 0 aliphatic carbocycles. The molecule has 2 heterocycles. The summed E-state index contributed by atoms with van der Waals surface area (Å²) in [5, 5.41) is 0. The topological polar surface area (TPSA) is 91.6 Å². The van der Waals surface area contributed by atoms with Crippen molar-refractivity contribution in [3.05, 3.63) is 18.5 Å². The van der Waals surface area contributed by atoms with Crippen LogP contribution in [-0.2, 0) is 10.2 Å². The Balaban J connectivity index is 2.01. The van der Waals surface area contributed by atoms with E-state index in [9.17, 15) is 8.42 Å². The van der Waals surface area contributed by atoms with E-state index < -0.39 is 10.2 Å². The molecule has 20 heavy (non-hydrogen) atoms. The second-order valence-corrected chi connectivity index (χ2v) is 6.80. The minimum Gasteiger partial charge on any atom is -0.396 e. The molecule has 1 aliphatic heterocycles. The highest BCUT2D eigenvalue weighted by molar-refractivity contribution is 7.87. The first kappa shape index (κ1) is 15.0. The maximum absolute atomic E-state index is 12.1. The molecule has 1 fully saturated rings. The average molecular weight is 299 g/mol. The Morgan fingerprint density at radius 1 is 1.30 bits per heavy atom. The fourth-order valence-electron chi connectivity index (χ4n) is 2.23. The molecule has 0 radical (unpaired) electrons. The maximum atomic E-state index is 12.1. The summed E-state index contributed by atoms with van der Waals surface area (Å²) in [5.41, 5.74) is 7.42. The van der Waals surface area contributed by atoms with Crippen LogP contribution in [0.5, 0.6) is 0 Å². The van der Waals surface area contributed by atoms with Gasteiger partial charge in [-0.2, -0.15) is 17.4 Å². The van der Waals surface area contributed by atoms with Gasteiger partial charge in [-0.15, -0.1) is 0 Å². The van der Waals surface area contributed by atoms with Gasteiger partial charge in [0.15, 0.2) is 0 Å². The number of hydrogen-bond donors (Lipinski definition) is 2. The molecule has 8 heteroatoms. The van der Waals surface area contributed by atoms with Crippen molar-refractivity contribution in [2.24, 2.45) is 0 Å². The molecule has 1 aromatic heterocycles. The van der Waals surface area contributed by atoms with Gasteiger partial charge in [-0.1, -0.05) is 0 Å². The van der Waals surface area contributed by atoms with Crippen LogP contribution in [0.25, 0.3) is 0 Å². The Kier molecular flexibility index (Phi) is 4.46. The fraction of sp³-hybridized carbons (Fsp3) is 0.583. The monoisotopic (exact) mass is 299 g/mol. The lowest BCUT2D eigenvalue weighted by molar-refractivity contribution is 0.376. The van der Waals surface area contributed by atoms with Crippen molar-refractivity contribution in [3.63, 3.8) is 0 Å². The molecule has 2 rings (SSSR count). The van der Waals surface area contributed by atoms with Gasteiger partial charge >= 0.3 is 0 Å². The number of nitrogen functional groups attached to an aromatic ring is 1. The number of rotatable bonds is 4. The van der Waals surface area contributed by atoms with E-state index in [1.165, 1.54) is 4.31 Å². The summed E-state index contributed by atoms with van der Waals surface area (Å²) >= 11 is 0. The maximum Gasteiger partial charge on any atom is 0.279 e. The van der Waals surface area contributed by atoms with Crippen LogP contribution in [0, 0.1) is 0 Å². The van der Waals surface area contributed by atoms with Crippen LogP contribution in [0.3, 0.4) is 0 Å². The Morgan fingerprint density at radius 3 is 2.50 bits per heavy atom. The molecule has 7 nitrogen and oxygen atoms in total. The number of nitrogens with two attached hydrogens (primary N) is 1. The fourth-order valence-corrected chi connectivity index (χ4v) is 3.62. The predicted molar refractivity (Wildman–Crippen MR) is 79.6 cm³/mol. The van der Waals surface area contributed by atoms with Crippen molar-refractivity contribution in [1.82, 2.24) is 14.0 Å². The zero-order valence-corrected chi connectivity index (χ0v) is 12.6. The summed E-state index contributed by atoms with van der Waals surface area (Å²) in [6, 6.07) is 1.75. The van der Waals surface area contributed by atoms with E-state index in [0.717, 1.165) is 5.69 Å². The minimum absolute atomic E-state index is 0.103. The molecular weight excluding hydrogens is 278 g/mol. The van der Waals surface area contributed by atoms with Crippen LogP contribution in [0.2, 0.25) is 0 Å². The number of piperazine rings is 1. The number of hydrogen-bond acceptors (Lipinski definition) is 5. The van der Waals surface area contributed by atoms with Gasteiger partial charge in [0, 0.05) is 38.4 Å². The first-order valence-corrected chi connectivity index (χ1v) is 8.06. The van der Waals surface area contributed by atoms with Crippen molar-refractivity contribution in [1.29, 1.82) is 0 Å². The van der Waals surface area contributed by atoms with E-state index in [2.05, 4.69) is 14.6 Å². The van der Waals surface area contributed by atoms with Gasteiger partial charge in [0.2, 0.25) is 0 Å². The van der Waals surface area contributed by atoms with Crippen LogP contribution >= 0.6 is 0 Å². The Bertz CT molecular complexity index is 553. The smallest absolute Gasteiger partial charge is 0.279 e. The van der Waals surface area contributed by atoms with Crippen molar-refractivity contribution in [2.45, 2.75) is 19.9 Å². The summed E-state index contributed by atoms with van der Waals surface area (Å²) in [6.45, 7) is 5.75. The molecule has 1 saturated heterocycles. The molecule has 0 saturated carbocycles. The second-order valence-electron chi connectivity index (χ2n) is 5.10. The zero-order chi connectivity index (χ0) is 14.8. The Labute approximate surface area is 120 Å². The third kappa shape index (κ3) is 3.38. The number of anilines is 2. The summed E-state index contributed by atoms with van der Waals surface area (Å²) in [5.74, 6) is 0. The third-order valence-corrected chi connectivity index (χ3v) is 4.95. The van der Waals surface area contributed by atoms with Crippen LogP contribution in [0.1, 0.15) is 13.8 Å². The van der Waals surface area contributed by atoms with Crippen molar-refractivity contribution < 1.29 is 8.42 Å². The van der Waals surface area contributed by atoms with E-state index in [1.54, 1.807) is 12.4 Å². The molecule has 1 aliphatic rings. The predicted octanol–water partition coefficient (Wildman–Crippen LogP) is 0.0286. The van der Waals surface area contributed by atoms with Gasteiger partial charge < -0.3 is 10.6 Å². The average Bonchev–Trinajstić information content (AvgIpc) is 2.38. The van der Waals surface area contributed by atoms with Gasteiger partial charge in [0.25, 0.3) is 10.2 Å². The van der Waals surface area contributed by atoms with E-state index in [-0.39, 0.29) is 6.04 Å². The second kappa shape index (κ2) is 5.94. The largest absolute Gasteiger partial charge is 0.396 e. The minimum atomic E-state index is -3.39. The van der Waals surface area contributed by atoms with Crippen molar-refractivity contribution in [2.75, 3.05) is 36.8 Å². The quantitative estimate of drug-likeness (QED) is 0.818. The van der Waals surface area contributed by atoms with E-state index in [0.29, 0.717) is 31.9 Å². The van der Waals surface area contributed by atoms with Crippen molar-refractivity contribution in [3.8, 4) is 0 Å². The first-order valence-electron chi connectivity index (χ1n) is 6.62. The number of aromatic nitrogens is 1. The molecule has 0 atom stereocenters. The van der Waals surface area contributed by atoms with Crippen LogP contribution < -0.4 is 15.4 Å². The SMILES string of the molecule is CC(C)NS(=O)(=O)N1CCN(c2ccncc2N)CC1. The number of pyridine rings is 1. The third-order valence-electron chi connectivity index (χ3n) is 3.13. The zero-order valence-electron chi connectivity index (χ0n) is 11.8. The Morgan fingerprint density at radius 2 is 1.95 bits per heavy atom. The highest BCUT2D eigenvalue weighted by Crippen LogP contribution is 2.22. The Hall–Kier alpha value is -1.38. The highest BCUT2D eigenvalue weighted by Gasteiger charge is 2.27. The molecule has 0 spiro atoms. The van der Waals surface area contributed by atoms with Crippen molar-refractivity contribution >= 4 is 21.6 Å². The molecular formula is C12H21N5O2S. The van der Waals surface area contributed by atoms with Crippen LogP contribution in [-0.4, -0.2) is 49.9 Å². The molecule has 0 unspecified atom stereocenters. The molecule has 0 bridgehead atoms. The van der Waals surface area contributed by atoms with Gasteiger partial charge in [-0.25, -0.2) is 0 Å². The van der Waals surface area contributed by atoms with E-state index in [1.807, 2.05) is 19.9 Å². The lowest BCUT2D eigenvalue weighted by Gasteiger charge is -2.36. The van der Waals surface area contributed by atoms with Crippen LogP contribution in [0.15, 0.2) is 18.5 Å². The van der Waals surface area contributed by atoms with Gasteiger partial charge in [-0.3, -0.25) is 4.98 Å². The van der Waals surface area contributed by atoms with E-state index in [4.69, 9.17) is 5.73 Å². The van der Waals surface area contributed by atoms with Gasteiger partial charge in [0.1, 0.15) is 0 Å². The molecule has 0 aromatic carbocycles. The molecule has 1 aromatic rings. The number of nitrogens with zero attached hydrogens (tertiary/aromatic N) is 3. The van der Waals surface area contributed by atoms with E-state index >= 15 is 0 Å². The number of nitrogens with one attached hydrogen (secondary N) is 1. The summed E-state index contributed by atoms with van der Waals surface area (Å²) < 4.78 is 28.2. The first-order chi connectivity index (χ1) is 9.40. The normalized spacial score (nSPS) is 17.6.